The first-order valence-corrected chi connectivity index (χ1v) is 21.2. The Hall–Kier alpha value is -0.610. The molecule has 46 heavy (non-hydrogen) atoms. The Morgan fingerprint density at radius 2 is 0.696 bits per heavy atom. The summed E-state index contributed by atoms with van der Waals surface area (Å²) >= 11 is 0. The monoisotopic (exact) mass is 652 g/mol. The number of amides is 1. The summed E-state index contributed by atoms with van der Waals surface area (Å²) in [5, 5.41) is 23.1. The Kier molecular flexibility index (Phi) is 38.3. The number of carbonyl (C=O) groups is 1. The molecule has 1 amide bonds. The van der Waals surface area contributed by atoms with Crippen LogP contribution in [0.3, 0.4) is 0 Å². The van der Waals surface area contributed by atoms with Crippen LogP contribution < -0.4 is 5.32 Å². The smallest absolute Gasteiger partial charge is 0.220 e. The second-order valence-corrected chi connectivity index (χ2v) is 14.8. The van der Waals surface area contributed by atoms with Crippen molar-refractivity contribution < 1.29 is 15.0 Å². The average Bonchev–Trinajstić information content (AvgIpc) is 3.06. The van der Waals surface area contributed by atoms with E-state index in [4.69, 9.17) is 0 Å². The van der Waals surface area contributed by atoms with Gasteiger partial charge in [-0.2, -0.15) is 0 Å². The van der Waals surface area contributed by atoms with Crippen LogP contribution in [0.25, 0.3) is 0 Å². The van der Waals surface area contributed by atoms with Crippen molar-refractivity contribution in [3.05, 3.63) is 0 Å². The van der Waals surface area contributed by atoms with Crippen molar-refractivity contribution >= 4 is 5.91 Å². The number of aliphatic hydroxyl groups is 2. The lowest BCUT2D eigenvalue weighted by atomic mass is 10.0. The first-order chi connectivity index (χ1) is 22.7. The van der Waals surface area contributed by atoms with Crippen LogP contribution >= 0.6 is 0 Å². The fraction of sp³-hybridized carbons (Fsp3) is 0.976. The zero-order valence-electron chi connectivity index (χ0n) is 31.6. The summed E-state index contributed by atoms with van der Waals surface area (Å²) in [4.78, 5) is 12.4. The molecule has 0 aromatic carbocycles. The largest absolute Gasteiger partial charge is 0.394 e. The number of rotatable bonds is 39. The third-order valence-electron chi connectivity index (χ3n) is 10.1. The predicted molar refractivity (Wildman–Crippen MR) is 203 cm³/mol. The molecule has 4 heteroatoms. The lowest BCUT2D eigenvalue weighted by Crippen LogP contribution is -2.45. The van der Waals surface area contributed by atoms with Gasteiger partial charge in [-0.05, 0) is 12.8 Å². The van der Waals surface area contributed by atoms with Crippen molar-refractivity contribution in [2.45, 2.75) is 257 Å². The van der Waals surface area contributed by atoms with Gasteiger partial charge < -0.3 is 15.5 Å². The highest BCUT2D eigenvalue weighted by Gasteiger charge is 2.20. The van der Waals surface area contributed by atoms with E-state index in [1.807, 2.05) is 0 Å². The molecule has 276 valence electrons. The van der Waals surface area contributed by atoms with Crippen molar-refractivity contribution in [2.75, 3.05) is 6.61 Å². The van der Waals surface area contributed by atoms with Crippen molar-refractivity contribution in [3.63, 3.8) is 0 Å². The summed E-state index contributed by atoms with van der Waals surface area (Å²) in [5.74, 6) is -0.0266. The van der Waals surface area contributed by atoms with Crippen LogP contribution in [-0.2, 0) is 4.79 Å². The van der Waals surface area contributed by atoms with Gasteiger partial charge in [0.25, 0.3) is 0 Å². The van der Waals surface area contributed by atoms with Crippen molar-refractivity contribution in [2.24, 2.45) is 0 Å². The summed E-state index contributed by atoms with van der Waals surface area (Å²) in [6.07, 6.45) is 46.0. The van der Waals surface area contributed by atoms with Gasteiger partial charge in [0.05, 0.1) is 18.8 Å². The number of hydrogen-bond acceptors (Lipinski definition) is 3. The molecule has 0 aliphatic rings. The van der Waals surface area contributed by atoms with Crippen LogP contribution in [0.5, 0.6) is 0 Å². The summed E-state index contributed by atoms with van der Waals surface area (Å²) < 4.78 is 0. The standard InChI is InChI=1S/C42H85NO3/c1-3-5-7-9-11-13-15-17-18-19-20-21-22-23-24-26-28-30-32-34-36-38-42(46)43-40(39-44)41(45)37-35-33-31-29-27-25-16-14-12-10-8-6-4-2/h40-41,44-45H,3-39H2,1-2H3,(H,43,46)/t40-,41-/m1/s1. The normalized spacial score (nSPS) is 12.9. The molecule has 0 bridgehead atoms. The van der Waals surface area contributed by atoms with E-state index >= 15 is 0 Å². The van der Waals surface area contributed by atoms with Gasteiger partial charge in [0.1, 0.15) is 0 Å². The number of aliphatic hydroxyl groups excluding tert-OH is 2. The second-order valence-electron chi connectivity index (χ2n) is 14.8. The molecule has 0 heterocycles. The maximum absolute atomic E-state index is 12.4. The third kappa shape index (κ3) is 34.7. The van der Waals surface area contributed by atoms with Crippen molar-refractivity contribution in [1.29, 1.82) is 0 Å². The summed E-state index contributed by atoms with van der Waals surface area (Å²) in [6.45, 7) is 4.37. The minimum absolute atomic E-state index is 0.0266. The molecule has 0 aliphatic heterocycles. The minimum atomic E-state index is -0.652. The Morgan fingerprint density at radius 1 is 0.435 bits per heavy atom. The molecular formula is C42H85NO3. The maximum atomic E-state index is 12.4. The van der Waals surface area contributed by atoms with Crippen LogP contribution in [0.2, 0.25) is 0 Å². The predicted octanol–water partition coefficient (Wildman–Crippen LogP) is 12.9. The molecule has 0 aromatic rings. The lowest BCUT2D eigenvalue weighted by molar-refractivity contribution is -0.123. The fourth-order valence-electron chi connectivity index (χ4n) is 6.83. The van der Waals surface area contributed by atoms with Crippen LogP contribution in [0.15, 0.2) is 0 Å². The van der Waals surface area contributed by atoms with Crippen LogP contribution in [-0.4, -0.2) is 34.9 Å². The number of unbranched alkanes of at least 4 members (excludes halogenated alkanes) is 32. The zero-order valence-corrected chi connectivity index (χ0v) is 31.6. The highest BCUT2D eigenvalue weighted by molar-refractivity contribution is 5.76. The van der Waals surface area contributed by atoms with E-state index in [9.17, 15) is 15.0 Å². The molecule has 0 radical (unpaired) electrons. The van der Waals surface area contributed by atoms with Gasteiger partial charge in [0, 0.05) is 6.42 Å². The van der Waals surface area contributed by atoms with E-state index < -0.39 is 12.1 Å². The summed E-state index contributed by atoms with van der Waals surface area (Å²) in [6, 6.07) is -0.528. The molecule has 3 N–H and O–H groups in total. The Labute approximate surface area is 289 Å². The maximum Gasteiger partial charge on any atom is 0.220 e. The molecule has 0 saturated heterocycles. The summed E-state index contributed by atoms with van der Waals surface area (Å²) in [7, 11) is 0. The Morgan fingerprint density at radius 3 is 0.978 bits per heavy atom. The number of nitrogens with one attached hydrogen (secondary N) is 1. The highest BCUT2D eigenvalue weighted by Crippen LogP contribution is 2.17. The van der Waals surface area contributed by atoms with E-state index in [0.29, 0.717) is 12.8 Å². The molecule has 2 atom stereocenters. The SMILES string of the molecule is CCCCCCCCCCCCCCCCCCCCCCCC(=O)N[C@H](CO)[C@H](O)CCCCCCCCCCCCCCC. The van der Waals surface area contributed by atoms with E-state index in [0.717, 1.165) is 25.7 Å². The molecule has 0 unspecified atom stereocenters. The second kappa shape index (κ2) is 38.8. The van der Waals surface area contributed by atoms with Crippen LogP contribution in [0, 0.1) is 0 Å². The Bertz CT molecular complexity index is 583. The van der Waals surface area contributed by atoms with Crippen LogP contribution in [0.4, 0.5) is 0 Å². The van der Waals surface area contributed by atoms with E-state index in [-0.39, 0.29) is 12.5 Å². The Balaban J connectivity index is 3.45. The number of carbonyl (C=O) groups excluding carboxylic acids is 1. The fourth-order valence-corrected chi connectivity index (χ4v) is 6.83. The average molecular weight is 652 g/mol. The quantitative estimate of drug-likeness (QED) is 0.0579. The van der Waals surface area contributed by atoms with E-state index in [1.165, 1.54) is 193 Å². The minimum Gasteiger partial charge on any atom is -0.394 e. The molecule has 0 aromatic heterocycles. The highest BCUT2D eigenvalue weighted by atomic mass is 16.3. The molecule has 0 fully saturated rings. The number of hydrogen-bond donors (Lipinski definition) is 3. The molecule has 0 aliphatic carbocycles. The summed E-state index contributed by atoms with van der Waals surface area (Å²) in [5.41, 5.74) is 0. The molecular weight excluding hydrogens is 566 g/mol. The van der Waals surface area contributed by atoms with E-state index in [2.05, 4.69) is 19.2 Å². The molecule has 0 rings (SSSR count). The van der Waals surface area contributed by atoms with E-state index in [1.54, 1.807) is 0 Å². The van der Waals surface area contributed by atoms with Gasteiger partial charge in [-0.1, -0.05) is 226 Å². The third-order valence-corrected chi connectivity index (χ3v) is 10.1. The van der Waals surface area contributed by atoms with Gasteiger partial charge in [-0.3, -0.25) is 4.79 Å². The van der Waals surface area contributed by atoms with Gasteiger partial charge >= 0.3 is 0 Å². The first kappa shape index (κ1) is 45.4. The lowest BCUT2D eigenvalue weighted by Gasteiger charge is -2.22. The van der Waals surface area contributed by atoms with Gasteiger partial charge in [-0.25, -0.2) is 0 Å². The molecule has 0 saturated carbocycles. The van der Waals surface area contributed by atoms with Crippen molar-refractivity contribution in [1.82, 2.24) is 5.32 Å². The first-order valence-electron chi connectivity index (χ1n) is 21.2. The molecule has 0 spiro atoms. The van der Waals surface area contributed by atoms with Gasteiger partial charge in [-0.15, -0.1) is 0 Å². The van der Waals surface area contributed by atoms with Gasteiger partial charge in [0.15, 0.2) is 0 Å². The van der Waals surface area contributed by atoms with Crippen molar-refractivity contribution in [3.8, 4) is 0 Å². The topological polar surface area (TPSA) is 69.6 Å². The van der Waals surface area contributed by atoms with Gasteiger partial charge in [0.2, 0.25) is 5.91 Å². The zero-order chi connectivity index (χ0) is 33.6. The van der Waals surface area contributed by atoms with Crippen LogP contribution in [0.1, 0.15) is 245 Å². The molecule has 4 nitrogen and oxygen atoms in total.